The maximum Gasteiger partial charge on any atom is 0.257 e. The fraction of sp³-hybridized carbons (Fsp3) is 0.421. The van der Waals surface area contributed by atoms with Gasteiger partial charge >= 0.3 is 0 Å². The lowest BCUT2D eigenvalue weighted by molar-refractivity contribution is -0.119. The van der Waals surface area contributed by atoms with Crippen LogP contribution in [0.5, 0.6) is 17.2 Å². The molecule has 5 rings (SSSR count). The fourth-order valence-corrected chi connectivity index (χ4v) is 6.98. The molecule has 1 aliphatic rings. The molecule has 0 radical (unpaired) electrons. The predicted molar refractivity (Wildman–Crippen MR) is 195 cm³/mol. The van der Waals surface area contributed by atoms with Gasteiger partial charge in [-0.15, -0.1) is 0 Å². The number of imidazole rings is 1. The standard InChI is InChI=1S/C38H44Cl2N4O6/c1-6-27(45)23-44-32-10-8-7-9-31(32)41-37(44)34(46)24-15-18-43(19-16-24)20-17-26(25-11-13-29(39)30(40)21-25)22-42(2)38(47)28-12-14-33(48-3)36(50-5)35(28)49-4/h7-14,21,24,26H,6,15-20,22-23H2,1-5H3. The largest absolute Gasteiger partial charge is 0.493 e. The number of Topliss-reactive ketones (excluding diaryl/α,β-unsaturated/α-hetero) is 2. The molecule has 2 heterocycles. The van der Waals surface area contributed by atoms with Crippen LogP contribution >= 0.6 is 23.2 Å². The SMILES string of the molecule is CCC(=O)Cn1c(C(=O)C2CCN(CCC(CN(C)C(=O)c3ccc(OC)c(OC)c3OC)c3ccc(Cl)c(Cl)c3)CC2)nc2ccccc21. The molecule has 0 bridgehead atoms. The molecule has 1 saturated heterocycles. The number of likely N-dealkylation sites (tertiary alicyclic amines) is 1. The van der Waals surface area contributed by atoms with Crippen LogP contribution < -0.4 is 14.2 Å². The number of piperidine rings is 1. The van der Waals surface area contributed by atoms with E-state index in [2.05, 4.69) is 9.88 Å². The number of methoxy groups -OCH3 is 3. The third-order valence-electron chi connectivity index (χ3n) is 9.55. The van der Waals surface area contributed by atoms with E-state index in [9.17, 15) is 14.4 Å². The molecule has 1 aliphatic heterocycles. The summed E-state index contributed by atoms with van der Waals surface area (Å²) in [6.07, 6.45) is 2.53. The van der Waals surface area contributed by atoms with Gasteiger partial charge in [0.1, 0.15) is 0 Å². The number of aromatic nitrogens is 2. The number of para-hydroxylation sites is 2. The number of amides is 1. The zero-order chi connectivity index (χ0) is 35.9. The number of likely N-dealkylation sites (N-methyl/N-ethyl adjacent to an activating group) is 1. The Bertz CT molecular complexity index is 1850. The van der Waals surface area contributed by atoms with Gasteiger partial charge in [-0.1, -0.05) is 48.3 Å². The normalized spacial score (nSPS) is 14.4. The number of halogens is 2. The lowest BCUT2D eigenvalue weighted by Crippen LogP contribution is -2.39. The molecule has 1 unspecified atom stereocenters. The Morgan fingerprint density at radius 1 is 0.940 bits per heavy atom. The summed E-state index contributed by atoms with van der Waals surface area (Å²) in [6, 6.07) is 16.5. The van der Waals surface area contributed by atoms with Crippen molar-refractivity contribution in [2.24, 2.45) is 5.92 Å². The van der Waals surface area contributed by atoms with Crippen LogP contribution in [0.2, 0.25) is 10.0 Å². The number of ether oxygens (including phenoxy) is 3. The minimum absolute atomic E-state index is 0.0100. The minimum Gasteiger partial charge on any atom is -0.493 e. The number of carbonyl (C=O) groups excluding carboxylic acids is 3. The molecule has 50 heavy (non-hydrogen) atoms. The summed E-state index contributed by atoms with van der Waals surface area (Å²) in [6.45, 7) is 4.64. The van der Waals surface area contributed by atoms with Crippen molar-refractivity contribution >= 4 is 51.7 Å². The average Bonchev–Trinajstić information content (AvgIpc) is 3.50. The predicted octanol–water partition coefficient (Wildman–Crippen LogP) is 7.19. The molecule has 0 spiro atoms. The van der Waals surface area contributed by atoms with Crippen molar-refractivity contribution in [2.75, 3.05) is 54.6 Å². The Labute approximate surface area is 303 Å². The molecule has 0 aliphatic carbocycles. The first-order chi connectivity index (χ1) is 24.1. The zero-order valence-electron chi connectivity index (χ0n) is 29.2. The maximum absolute atomic E-state index is 13.8. The Morgan fingerprint density at radius 3 is 2.32 bits per heavy atom. The van der Waals surface area contributed by atoms with Gasteiger partial charge in [-0.2, -0.15) is 0 Å². The van der Waals surface area contributed by atoms with Crippen molar-refractivity contribution in [1.29, 1.82) is 0 Å². The van der Waals surface area contributed by atoms with Crippen LogP contribution in [0, 0.1) is 5.92 Å². The first kappa shape index (κ1) is 37.1. The van der Waals surface area contributed by atoms with Crippen LogP contribution in [-0.2, 0) is 11.3 Å². The van der Waals surface area contributed by atoms with Crippen molar-refractivity contribution in [2.45, 2.75) is 45.1 Å². The first-order valence-electron chi connectivity index (χ1n) is 16.8. The molecule has 12 heteroatoms. The third kappa shape index (κ3) is 8.09. The number of hydrogen-bond donors (Lipinski definition) is 0. The lowest BCUT2D eigenvalue weighted by Gasteiger charge is -2.33. The molecule has 0 saturated carbocycles. The smallest absolute Gasteiger partial charge is 0.257 e. The molecule has 10 nitrogen and oxygen atoms in total. The number of carbonyl (C=O) groups is 3. The summed E-state index contributed by atoms with van der Waals surface area (Å²) in [7, 11) is 6.29. The number of hydrogen-bond acceptors (Lipinski definition) is 8. The maximum atomic E-state index is 13.8. The van der Waals surface area contributed by atoms with Gasteiger partial charge in [0.2, 0.25) is 11.5 Å². The highest BCUT2D eigenvalue weighted by molar-refractivity contribution is 6.42. The monoisotopic (exact) mass is 722 g/mol. The summed E-state index contributed by atoms with van der Waals surface area (Å²) in [4.78, 5) is 48.7. The molecule has 0 N–H and O–H groups in total. The summed E-state index contributed by atoms with van der Waals surface area (Å²) in [5, 5.41) is 0.920. The van der Waals surface area contributed by atoms with Crippen LogP contribution in [-0.4, -0.2) is 91.4 Å². The molecule has 1 aromatic heterocycles. The number of fused-ring (bicyclic) bond motifs is 1. The van der Waals surface area contributed by atoms with E-state index >= 15 is 0 Å². The summed E-state index contributed by atoms with van der Waals surface area (Å²) in [5.41, 5.74) is 2.86. The van der Waals surface area contributed by atoms with E-state index in [4.69, 9.17) is 37.4 Å². The van der Waals surface area contributed by atoms with Crippen molar-refractivity contribution in [3.63, 3.8) is 0 Å². The molecule has 4 aromatic rings. The van der Waals surface area contributed by atoms with Gasteiger partial charge < -0.3 is 28.6 Å². The van der Waals surface area contributed by atoms with Crippen molar-refractivity contribution in [3.05, 3.63) is 81.6 Å². The van der Waals surface area contributed by atoms with E-state index in [0.29, 0.717) is 64.5 Å². The highest BCUT2D eigenvalue weighted by Gasteiger charge is 2.31. The minimum atomic E-state index is -0.223. The number of nitrogens with zero attached hydrogens (tertiary/aromatic N) is 4. The van der Waals surface area contributed by atoms with Gasteiger partial charge in [-0.05, 0) is 80.9 Å². The Morgan fingerprint density at radius 2 is 1.66 bits per heavy atom. The average molecular weight is 724 g/mol. The lowest BCUT2D eigenvalue weighted by atomic mass is 9.90. The fourth-order valence-electron chi connectivity index (χ4n) is 6.67. The highest BCUT2D eigenvalue weighted by Crippen LogP contribution is 2.40. The number of benzene rings is 3. The Kier molecular flexibility index (Phi) is 12.4. The van der Waals surface area contributed by atoms with Crippen LogP contribution in [0.1, 0.15) is 65.1 Å². The Balaban J connectivity index is 1.28. The molecule has 1 amide bonds. The van der Waals surface area contributed by atoms with Gasteiger partial charge in [-0.3, -0.25) is 14.4 Å². The third-order valence-corrected chi connectivity index (χ3v) is 10.3. The summed E-state index contributed by atoms with van der Waals surface area (Å²) in [5.74, 6) is 1.08. The zero-order valence-corrected chi connectivity index (χ0v) is 30.7. The topological polar surface area (TPSA) is 103 Å². The van der Waals surface area contributed by atoms with E-state index < -0.39 is 0 Å². The van der Waals surface area contributed by atoms with E-state index in [-0.39, 0.29) is 35.9 Å². The molecule has 1 atom stereocenters. The van der Waals surface area contributed by atoms with Gasteiger partial charge in [0, 0.05) is 31.8 Å². The van der Waals surface area contributed by atoms with Crippen molar-refractivity contribution < 1.29 is 28.6 Å². The Hall–Kier alpha value is -4.12. The van der Waals surface area contributed by atoms with Gasteiger partial charge in [-0.25, -0.2) is 4.98 Å². The van der Waals surface area contributed by atoms with E-state index in [0.717, 1.165) is 42.7 Å². The van der Waals surface area contributed by atoms with Crippen LogP contribution in [0.3, 0.4) is 0 Å². The second-order valence-electron chi connectivity index (χ2n) is 12.6. The second kappa shape index (κ2) is 16.7. The van der Waals surface area contributed by atoms with Gasteiger partial charge in [0.15, 0.2) is 23.1 Å². The van der Waals surface area contributed by atoms with Crippen LogP contribution in [0.4, 0.5) is 0 Å². The van der Waals surface area contributed by atoms with E-state index in [1.54, 1.807) is 34.7 Å². The molecular formula is C38H44Cl2N4O6. The first-order valence-corrected chi connectivity index (χ1v) is 17.6. The van der Waals surface area contributed by atoms with E-state index in [1.165, 1.54) is 21.3 Å². The van der Waals surface area contributed by atoms with Crippen molar-refractivity contribution in [3.8, 4) is 17.2 Å². The van der Waals surface area contributed by atoms with Crippen LogP contribution in [0.15, 0.2) is 54.6 Å². The van der Waals surface area contributed by atoms with Crippen LogP contribution in [0.25, 0.3) is 11.0 Å². The van der Waals surface area contributed by atoms with Crippen molar-refractivity contribution in [1.82, 2.24) is 19.4 Å². The highest BCUT2D eigenvalue weighted by atomic mass is 35.5. The van der Waals surface area contributed by atoms with Gasteiger partial charge in [0.25, 0.3) is 5.91 Å². The molecular weight excluding hydrogens is 679 g/mol. The number of ketones is 2. The number of rotatable bonds is 15. The molecule has 266 valence electrons. The quantitative estimate of drug-likeness (QED) is 0.119. The summed E-state index contributed by atoms with van der Waals surface area (Å²) >= 11 is 12.7. The van der Waals surface area contributed by atoms with E-state index in [1.807, 2.05) is 43.3 Å². The second-order valence-corrected chi connectivity index (χ2v) is 13.4. The van der Waals surface area contributed by atoms with Gasteiger partial charge in [0.05, 0.1) is 54.5 Å². The summed E-state index contributed by atoms with van der Waals surface area (Å²) < 4.78 is 18.3. The molecule has 1 fully saturated rings. The molecule has 3 aromatic carbocycles.